The first kappa shape index (κ1) is 21.8. The molecule has 0 unspecified atom stereocenters. The normalized spacial score (nSPS) is 10.3. The molecule has 2 amide bonds. The van der Waals surface area contributed by atoms with E-state index in [0.717, 1.165) is 10.2 Å². The molecule has 9 nitrogen and oxygen atoms in total. The Balaban J connectivity index is 1.95. The van der Waals surface area contributed by atoms with Gasteiger partial charge in [-0.3, -0.25) is 14.4 Å². The number of carbonyl (C=O) groups is 3. The number of hydrogen-bond acceptors (Lipinski definition) is 6. The molecule has 0 atom stereocenters. The molecule has 0 fully saturated rings. The highest BCUT2D eigenvalue weighted by atomic mass is 16.5. The van der Waals surface area contributed by atoms with Gasteiger partial charge in [-0.2, -0.15) is 5.10 Å². The SMILES string of the molecule is CCCN(CC(=O)Nc1ccccc1C)C(=O)COC(=O)c1ccc(=O)n(C)n1. The van der Waals surface area contributed by atoms with Crippen LogP contribution in [0.1, 0.15) is 29.4 Å². The summed E-state index contributed by atoms with van der Waals surface area (Å²) in [6.45, 7) is 3.41. The van der Waals surface area contributed by atoms with Gasteiger partial charge in [-0.25, -0.2) is 9.48 Å². The minimum Gasteiger partial charge on any atom is -0.451 e. The number of carbonyl (C=O) groups excluding carboxylic acids is 3. The zero-order valence-electron chi connectivity index (χ0n) is 16.7. The van der Waals surface area contributed by atoms with Gasteiger partial charge in [-0.15, -0.1) is 0 Å². The Bertz CT molecular complexity index is 954. The van der Waals surface area contributed by atoms with E-state index in [1.807, 2.05) is 32.0 Å². The number of amides is 2. The van der Waals surface area contributed by atoms with Crippen molar-refractivity contribution >= 4 is 23.5 Å². The smallest absolute Gasteiger partial charge is 0.359 e. The van der Waals surface area contributed by atoms with Crippen molar-refractivity contribution in [1.29, 1.82) is 0 Å². The molecule has 0 bridgehead atoms. The quantitative estimate of drug-likeness (QED) is 0.665. The molecule has 29 heavy (non-hydrogen) atoms. The van der Waals surface area contributed by atoms with Gasteiger partial charge in [0.1, 0.15) is 0 Å². The van der Waals surface area contributed by atoms with Gasteiger partial charge in [-0.1, -0.05) is 25.1 Å². The molecule has 2 rings (SSSR count). The van der Waals surface area contributed by atoms with Crippen LogP contribution in [0.4, 0.5) is 5.69 Å². The van der Waals surface area contributed by atoms with E-state index in [4.69, 9.17) is 4.74 Å². The summed E-state index contributed by atoms with van der Waals surface area (Å²) in [5.74, 6) is -1.66. The Kier molecular flexibility index (Phi) is 7.64. The first-order valence-corrected chi connectivity index (χ1v) is 9.16. The molecule has 1 heterocycles. The Morgan fingerprint density at radius 1 is 1.17 bits per heavy atom. The number of aryl methyl sites for hydroxylation is 2. The van der Waals surface area contributed by atoms with Crippen molar-refractivity contribution in [3.8, 4) is 0 Å². The molecule has 1 aromatic carbocycles. The van der Waals surface area contributed by atoms with Gasteiger partial charge in [-0.05, 0) is 31.0 Å². The van der Waals surface area contributed by atoms with Gasteiger partial charge in [0.05, 0.1) is 6.54 Å². The zero-order valence-corrected chi connectivity index (χ0v) is 16.7. The maximum Gasteiger partial charge on any atom is 0.359 e. The van der Waals surface area contributed by atoms with Crippen LogP contribution in [-0.2, 0) is 21.4 Å². The van der Waals surface area contributed by atoms with Gasteiger partial charge in [0.25, 0.3) is 11.5 Å². The molecule has 0 aliphatic heterocycles. The third-order valence-electron chi connectivity index (χ3n) is 4.10. The van der Waals surface area contributed by atoms with Crippen molar-refractivity contribution in [2.45, 2.75) is 20.3 Å². The molecule has 0 aliphatic rings. The number of esters is 1. The summed E-state index contributed by atoms with van der Waals surface area (Å²) < 4.78 is 5.99. The van der Waals surface area contributed by atoms with Crippen molar-refractivity contribution in [2.75, 3.05) is 25.0 Å². The number of ether oxygens (including phenoxy) is 1. The first-order valence-electron chi connectivity index (χ1n) is 9.16. The van der Waals surface area contributed by atoms with Crippen molar-refractivity contribution in [3.05, 3.63) is 58.0 Å². The lowest BCUT2D eigenvalue weighted by Gasteiger charge is -2.21. The molecule has 0 aliphatic carbocycles. The third kappa shape index (κ3) is 6.27. The van der Waals surface area contributed by atoms with Crippen LogP contribution in [0.2, 0.25) is 0 Å². The fourth-order valence-corrected chi connectivity index (χ4v) is 2.54. The van der Waals surface area contributed by atoms with Crippen LogP contribution in [0.25, 0.3) is 0 Å². The highest BCUT2D eigenvalue weighted by molar-refractivity contribution is 5.95. The lowest BCUT2D eigenvalue weighted by atomic mass is 10.2. The lowest BCUT2D eigenvalue weighted by molar-refractivity contribution is -0.137. The number of aromatic nitrogens is 2. The van der Waals surface area contributed by atoms with Crippen LogP contribution in [0.15, 0.2) is 41.2 Å². The van der Waals surface area contributed by atoms with E-state index < -0.39 is 18.5 Å². The van der Waals surface area contributed by atoms with Crippen LogP contribution in [-0.4, -0.2) is 52.2 Å². The van der Waals surface area contributed by atoms with E-state index in [1.54, 1.807) is 6.07 Å². The zero-order chi connectivity index (χ0) is 21.4. The predicted octanol–water partition coefficient (Wildman–Crippen LogP) is 1.12. The number of benzene rings is 1. The number of hydrogen-bond donors (Lipinski definition) is 1. The van der Waals surface area contributed by atoms with Crippen molar-refractivity contribution in [1.82, 2.24) is 14.7 Å². The predicted molar refractivity (Wildman–Crippen MR) is 106 cm³/mol. The van der Waals surface area contributed by atoms with E-state index in [2.05, 4.69) is 10.4 Å². The summed E-state index contributed by atoms with van der Waals surface area (Å²) in [6, 6.07) is 9.74. The monoisotopic (exact) mass is 400 g/mol. The summed E-state index contributed by atoms with van der Waals surface area (Å²) in [7, 11) is 1.40. The summed E-state index contributed by atoms with van der Waals surface area (Å²) in [6.07, 6.45) is 0.639. The molecule has 2 aromatic rings. The van der Waals surface area contributed by atoms with Gasteiger partial charge < -0.3 is 15.0 Å². The summed E-state index contributed by atoms with van der Waals surface area (Å²) in [5.41, 5.74) is 1.13. The fraction of sp³-hybridized carbons (Fsp3) is 0.350. The average molecular weight is 400 g/mol. The minimum atomic E-state index is -0.824. The Morgan fingerprint density at radius 3 is 2.55 bits per heavy atom. The first-order chi connectivity index (χ1) is 13.8. The maximum atomic E-state index is 12.4. The molecule has 0 radical (unpaired) electrons. The van der Waals surface area contributed by atoms with E-state index in [1.165, 1.54) is 24.1 Å². The number of nitrogens with zero attached hydrogens (tertiary/aromatic N) is 3. The average Bonchev–Trinajstić information content (AvgIpc) is 2.69. The topological polar surface area (TPSA) is 111 Å². The van der Waals surface area contributed by atoms with Crippen LogP contribution < -0.4 is 10.9 Å². The molecular weight excluding hydrogens is 376 g/mol. The molecule has 0 spiro atoms. The molecule has 1 aromatic heterocycles. The van der Waals surface area contributed by atoms with E-state index in [0.29, 0.717) is 18.7 Å². The highest BCUT2D eigenvalue weighted by Gasteiger charge is 2.20. The Hall–Kier alpha value is -3.49. The van der Waals surface area contributed by atoms with Gasteiger partial charge >= 0.3 is 5.97 Å². The number of rotatable bonds is 8. The van der Waals surface area contributed by atoms with E-state index in [-0.39, 0.29) is 23.7 Å². The van der Waals surface area contributed by atoms with Crippen LogP contribution in [0, 0.1) is 6.92 Å². The van der Waals surface area contributed by atoms with E-state index in [9.17, 15) is 19.2 Å². The van der Waals surface area contributed by atoms with Crippen molar-refractivity contribution in [2.24, 2.45) is 7.05 Å². The second kappa shape index (κ2) is 10.2. The largest absolute Gasteiger partial charge is 0.451 e. The summed E-state index contributed by atoms with van der Waals surface area (Å²) >= 11 is 0. The fourth-order valence-electron chi connectivity index (χ4n) is 2.54. The van der Waals surface area contributed by atoms with Crippen LogP contribution in [0.3, 0.4) is 0 Å². The summed E-state index contributed by atoms with van der Waals surface area (Å²) in [5, 5.41) is 6.55. The molecule has 0 saturated heterocycles. The molecule has 154 valence electrons. The van der Waals surface area contributed by atoms with Crippen molar-refractivity contribution < 1.29 is 19.1 Å². The van der Waals surface area contributed by atoms with E-state index >= 15 is 0 Å². The maximum absolute atomic E-state index is 12.4. The van der Waals surface area contributed by atoms with Crippen LogP contribution >= 0.6 is 0 Å². The second-order valence-corrected chi connectivity index (χ2v) is 6.43. The molecule has 9 heteroatoms. The van der Waals surface area contributed by atoms with Gasteiger partial charge in [0, 0.05) is 25.3 Å². The summed E-state index contributed by atoms with van der Waals surface area (Å²) in [4.78, 5) is 49.5. The second-order valence-electron chi connectivity index (χ2n) is 6.43. The molecule has 1 N–H and O–H groups in total. The number of anilines is 1. The number of para-hydroxylation sites is 1. The molecular formula is C20H24N4O5. The standard InChI is InChI=1S/C20H24N4O5/c1-4-11-24(12-17(25)21-15-8-6-5-7-14(15)2)19(27)13-29-20(28)16-9-10-18(26)23(3)22-16/h5-10H,4,11-13H2,1-3H3,(H,21,25). The molecule has 0 saturated carbocycles. The van der Waals surface area contributed by atoms with Gasteiger partial charge in [0.15, 0.2) is 12.3 Å². The third-order valence-corrected chi connectivity index (χ3v) is 4.10. The minimum absolute atomic E-state index is 0.0840. The van der Waals surface area contributed by atoms with Crippen LogP contribution in [0.5, 0.6) is 0 Å². The van der Waals surface area contributed by atoms with Crippen molar-refractivity contribution in [3.63, 3.8) is 0 Å². The highest BCUT2D eigenvalue weighted by Crippen LogP contribution is 2.13. The Labute approximate surface area is 168 Å². The van der Waals surface area contributed by atoms with Gasteiger partial charge in [0.2, 0.25) is 5.91 Å². The lowest BCUT2D eigenvalue weighted by Crippen LogP contribution is -2.41. The Morgan fingerprint density at radius 2 is 1.90 bits per heavy atom. The number of nitrogens with one attached hydrogen (secondary N) is 1.